The Morgan fingerprint density at radius 2 is 1.29 bits per heavy atom. The molecule has 28 heavy (non-hydrogen) atoms. The van der Waals surface area contributed by atoms with Crippen LogP contribution in [0.15, 0.2) is 29.0 Å². The first-order valence-corrected chi connectivity index (χ1v) is 12.8. The summed E-state index contributed by atoms with van der Waals surface area (Å²) in [4.78, 5) is 5.26. The Hall–Kier alpha value is -1.30. The van der Waals surface area contributed by atoms with Gasteiger partial charge in [0.15, 0.2) is 0 Å². The number of unbranched alkanes of at least 4 members (excludes halogenated alkanes) is 4. The van der Waals surface area contributed by atoms with Crippen LogP contribution in [-0.2, 0) is 0 Å². The van der Waals surface area contributed by atoms with Gasteiger partial charge in [-0.3, -0.25) is 0 Å². The maximum Gasteiger partial charge on any atom is 0.130 e. The van der Waals surface area contributed by atoms with Crippen LogP contribution in [0, 0.1) is 6.92 Å². The van der Waals surface area contributed by atoms with Crippen molar-refractivity contribution in [3.63, 3.8) is 0 Å². The maximum atomic E-state index is 5.90. The molecule has 2 nitrogen and oxygen atoms in total. The molecule has 0 fully saturated rings. The van der Waals surface area contributed by atoms with Gasteiger partial charge in [-0.05, 0) is 43.5 Å². The first kappa shape index (κ1) is 21.4. The van der Waals surface area contributed by atoms with E-state index < -0.39 is 0 Å². The average molecular weight is 435 g/mol. The standard InChI is InChI=1S/C23H30O2S3/c1-4-6-8-10-24-18-13-20(26-15-18)21-12-17(3)23(28-21)22-14-19(16-27-22)25-11-9-7-5-2/h12-16H,4-11H2,1-3H3. The Morgan fingerprint density at radius 3 is 1.89 bits per heavy atom. The molecule has 0 spiro atoms. The van der Waals surface area contributed by atoms with Crippen LogP contribution >= 0.6 is 34.0 Å². The molecule has 3 rings (SSSR count). The van der Waals surface area contributed by atoms with Crippen LogP contribution < -0.4 is 9.47 Å². The molecular formula is C23H30O2S3. The molecule has 0 saturated heterocycles. The average Bonchev–Trinajstić information content (AvgIpc) is 3.42. The monoisotopic (exact) mass is 434 g/mol. The van der Waals surface area contributed by atoms with Crippen LogP contribution in [0.2, 0.25) is 0 Å². The summed E-state index contributed by atoms with van der Waals surface area (Å²) >= 11 is 5.41. The normalized spacial score (nSPS) is 11.1. The Balaban J connectivity index is 1.63. The van der Waals surface area contributed by atoms with E-state index in [2.05, 4.69) is 49.7 Å². The van der Waals surface area contributed by atoms with Gasteiger partial charge in [-0.15, -0.1) is 34.0 Å². The first-order chi connectivity index (χ1) is 13.7. The zero-order valence-corrected chi connectivity index (χ0v) is 19.5. The van der Waals surface area contributed by atoms with Crippen LogP contribution in [0.4, 0.5) is 0 Å². The fourth-order valence-corrected chi connectivity index (χ4v) is 6.07. The highest BCUT2D eigenvalue weighted by Crippen LogP contribution is 2.43. The number of ether oxygens (including phenoxy) is 2. The lowest BCUT2D eigenvalue weighted by Crippen LogP contribution is -1.95. The van der Waals surface area contributed by atoms with Crippen molar-refractivity contribution in [1.29, 1.82) is 0 Å². The minimum Gasteiger partial charge on any atom is -0.493 e. The molecule has 0 N–H and O–H groups in total. The lowest BCUT2D eigenvalue weighted by molar-refractivity contribution is 0.307. The van der Waals surface area contributed by atoms with E-state index in [9.17, 15) is 0 Å². The van der Waals surface area contributed by atoms with Gasteiger partial charge in [0, 0.05) is 30.3 Å². The number of hydrogen-bond acceptors (Lipinski definition) is 5. The highest BCUT2D eigenvalue weighted by molar-refractivity contribution is 7.26. The number of thiophene rings is 3. The summed E-state index contributed by atoms with van der Waals surface area (Å²) in [5.41, 5.74) is 1.33. The second-order valence-electron chi connectivity index (χ2n) is 7.03. The highest BCUT2D eigenvalue weighted by Gasteiger charge is 2.14. The molecular weight excluding hydrogens is 404 g/mol. The SMILES string of the molecule is CCCCCOc1csc(-c2cc(C)c(-c3cc(OCCCCC)cs3)s2)c1. The van der Waals surface area contributed by atoms with Gasteiger partial charge in [0.25, 0.3) is 0 Å². The summed E-state index contributed by atoms with van der Waals surface area (Å²) in [6, 6.07) is 6.67. The smallest absolute Gasteiger partial charge is 0.130 e. The molecule has 152 valence electrons. The van der Waals surface area contributed by atoms with Crippen molar-refractivity contribution in [2.75, 3.05) is 13.2 Å². The molecule has 0 bridgehead atoms. The number of rotatable bonds is 12. The molecule has 3 aromatic rings. The minimum absolute atomic E-state index is 0.814. The van der Waals surface area contributed by atoms with Crippen molar-refractivity contribution in [3.8, 4) is 31.0 Å². The predicted molar refractivity (Wildman–Crippen MR) is 126 cm³/mol. The molecule has 0 amide bonds. The van der Waals surface area contributed by atoms with Gasteiger partial charge in [0.05, 0.1) is 13.2 Å². The third-order valence-corrected chi connectivity index (χ3v) is 8.00. The Morgan fingerprint density at radius 1 is 0.714 bits per heavy atom. The molecule has 0 aliphatic rings. The van der Waals surface area contributed by atoms with Gasteiger partial charge in [0.1, 0.15) is 11.5 Å². The van der Waals surface area contributed by atoms with E-state index in [1.54, 1.807) is 22.7 Å². The predicted octanol–water partition coefficient (Wildman–Crippen LogP) is 8.65. The Labute approximate surface area is 181 Å². The summed E-state index contributed by atoms with van der Waals surface area (Å²) in [6.45, 7) is 8.26. The molecule has 0 radical (unpaired) electrons. The van der Waals surface area contributed by atoms with Crippen LogP contribution in [0.25, 0.3) is 19.5 Å². The molecule has 0 unspecified atom stereocenters. The molecule has 0 aliphatic carbocycles. The van der Waals surface area contributed by atoms with Gasteiger partial charge in [-0.25, -0.2) is 0 Å². The molecule has 0 aromatic carbocycles. The van der Waals surface area contributed by atoms with Crippen LogP contribution in [0.3, 0.4) is 0 Å². The largest absolute Gasteiger partial charge is 0.493 e. The van der Waals surface area contributed by atoms with E-state index in [0.29, 0.717) is 0 Å². The van der Waals surface area contributed by atoms with Crippen LogP contribution in [-0.4, -0.2) is 13.2 Å². The van der Waals surface area contributed by atoms with E-state index in [1.807, 2.05) is 11.3 Å². The van der Waals surface area contributed by atoms with E-state index >= 15 is 0 Å². The Kier molecular flexibility index (Phi) is 8.44. The summed E-state index contributed by atoms with van der Waals surface area (Å²) in [6.07, 6.45) is 7.18. The summed E-state index contributed by atoms with van der Waals surface area (Å²) in [5, 5.41) is 4.26. The number of aryl methyl sites for hydroxylation is 1. The molecule has 0 aliphatic heterocycles. The fourth-order valence-electron chi connectivity index (χ4n) is 2.97. The van der Waals surface area contributed by atoms with E-state index in [1.165, 1.54) is 50.8 Å². The summed E-state index contributed by atoms with van der Waals surface area (Å²) in [7, 11) is 0. The van der Waals surface area contributed by atoms with Gasteiger partial charge in [-0.2, -0.15) is 0 Å². The van der Waals surface area contributed by atoms with E-state index in [0.717, 1.165) is 37.6 Å². The van der Waals surface area contributed by atoms with Crippen LogP contribution in [0.1, 0.15) is 57.9 Å². The van der Waals surface area contributed by atoms with Crippen LogP contribution in [0.5, 0.6) is 11.5 Å². The second kappa shape index (κ2) is 11.0. The third-order valence-electron chi connectivity index (χ3n) is 4.57. The second-order valence-corrected chi connectivity index (χ2v) is 9.90. The molecule has 5 heteroatoms. The third kappa shape index (κ3) is 5.85. The van der Waals surface area contributed by atoms with Crippen molar-refractivity contribution in [1.82, 2.24) is 0 Å². The van der Waals surface area contributed by atoms with Gasteiger partial charge < -0.3 is 9.47 Å². The lowest BCUT2D eigenvalue weighted by atomic mass is 10.2. The molecule has 3 heterocycles. The molecule has 0 saturated carbocycles. The van der Waals surface area contributed by atoms with Gasteiger partial charge in [0.2, 0.25) is 0 Å². The van der Waals surface area contributed by atoms with Crippen molar-refractivity contribution in [3.05, 3.63) is 34.5 Å². The zero-order valence-electron chi connectivity index (χ0n) is 17.1. The molecule has 0 atom stereocenters. The van der Waals surface area contributed by atoms with Crippen molar-refractivity contribution in [2.24, 2.45) is 0 Å². The molecule has 3 aromatic heterocycles. The quantitative estimate of drug-likeness (QED) is 0.265. The highest BCUT2D eigenvalue weighted by atomic mass is 32.1. The Bertz CT molecular complexity index is 844. The lowest BCUT2D eigenvalue weighted by Gasteiger charge is -2.01. The van der Waals surface area contributed by atoms with Crippen molar-refractivity contribution >= 4 is 34.0 Å². The van der Waals surface area contributed by atoms with Crippen molar-refractivity contribution in [2.45, 2.75) is 59.3 Å². The summed E-state index contributed by atoms with van der Waals surface area (Å²) < 4.78 is 11.8. The van der Waals surface area contributed by atoms with Gasteiger partial charge in [-0.1, -0.05) is 39.5 Å². The summed E-state index contributed by atoms with van der Waals surface area (Å²) in [5.74, 6) is 2.01. The van der Waals surface area contributed by atoms with E-state index in [4.69, 9.17) is 9.47 Å². The zero-order chi connectivity index (χ0) is 19.8. The fraction of sp³-hybridized carbons (Fsp3) is 0.478. The topological polar surface area (TPSA) is 18.5 Å². The maximum absolute atomic E-state index is 5.90. The number of hydrogen-bond donors (Lipinski definition) is 0. The van der Waals surface area contributed by atoms with E-state index in [-0.39, 0.29) is 0 Å². The van der Waals surface area contributed by atoms with Crippen molar-refractivity contribution < 1.29 is 9.47 Å². The van der Waals surface area contributed by atoms with Gasteiger partial charge >= 0.3 is 0 Å². The minimum atomic E-state index is 0.814. The first-order valence-electron chi connectivity index (χ1n) is 10.2.